The standard InChI is InChI=1S/C37H34.C17H19N.C3H6/c1-4-15-29(3)31-25-24-30(5-2)28-35(21-14-20-33(27-26-31)32-16-8-6-9-17-32)37-23-13-12-22-36(37)34-18-10-7-11-19-34;1-16(17-13-9-7-10-14-17)12-8-5-3-4-6-11-15-18-2;1-3-2/h4,6-28H,1,5H2,2-3H3;3,5,7-15H,1-2,4,6H2;3H,1H2,2H3/b20-14+,21-14?,25-24+,27-26?,29-15+,30-24?,30-28-,31-25?,31-26+,33-20?,33-27+,35-21+,35-28?;5-3+,12-8+,15-11-;. The van der Waals surface area contributed by atoms with Gasteiger partial charge < -0.3 is 0 Å². The Morgan fingerprint density at radius 1 is 0.655 bits per heavy atom. The first-order valence-electron chi connectivity index (χ1n) is 19.9. The molecule has 4 aromatic carbocycles. The molecule has 0 atom stereocenters. The average Bonchev–Trinajstić information content (AvgIpc) is 3.26. The minimum Gasteiger partial charge on any atom is -0.273 e. The van der Waals surface area contributed by atoms with Crippen LogP contribution in [0.5, 0.6) is 0 Å². The summed E-state index contributed by atoms with van der Waals surface area (Å²) in [6, 6.07) is 40.0. The Balaban J connectivity index is 0.000000359. The SMILES string of the molecule is C=C/C=C(C)/C1=C/C=C(c2ccccc2)\C=C\C=C(c2ccccc2-c2ccccc2)/C=C(CC)\C=C\1.C=CC.C=N/C=C\CC/C=C/C=C/C(=C)c1ccccc1. The van der Waals surface area contributed by atoms with E-state index < -0.39 is 0 Å². The fourth-order valence-corrected chi connectivity index (χ4v) is 5.83. The Morgan fingerprint density at radius 2 is 1.26 bits per heavy atom. The lowest BCUT2D eigenvalue weighted by atomic mass is 9.92. The second-order valence-electron chi connectivity index (χ2n) is 13.2. The molecule has 1 nitrogen and oxygen atoms in total. The molecule has 4 aromatic rings. The molecule has 0 saturated heterocycles. The molecular formula is C57H59N. The van der Waals surface area contributed by atoms with Gasteiger partial charge in [-0.05, 0) is 101 Å². The predicted octanol–water partition coefficient (Wildman–Crippen LogP) is 16.3. The number of aliphatic imine (C=N–C) groups is 1. The lowest BCUT2D eigenvalue weighted by Gasteiger charge is -2.12. The zero-order valence-corrected chi connectivity index (χ0v) is 34.7. The predicted molar refractivity (Wildman–Crippen MR) is 261 cm³/mol. The van der Waals surface area contributed by atoms with Gasteiger partial charge in [0.1, 0.15) is 0 Å². The van der Waals surface area contributed by atoms with E-state index in [2.05, 4.69) is 203 Å². The second-order valence-corrected chi connectivity index (χ2v) is 13.2. The summed E-state index contributed by atoms with van der Waals surface area (Å²) in [6.45, 7) is 20.9. The summed E-state index contributed by atoms with van der Waals surface area (Å²) in [4.78, 5) is 3.65. The van der Waals surface area contributed by atoms with Gasteiger partial charge in [-0.2, -0.15) is 0 Å². The molecule has 1 heteroatoms. The van der Waals surface area contributed by atoms with Crippen LogP contribution in [-0.4, -0.2) is 6.72 Å². The fraction of sp³-hybridized carbons (Fsp3) is 0.105. The third-order valence-electron chi connectivity index (χ3n) is 8.87. The Kier molecular flexibility index (Phi) is 21.8. The highest BCUT2D eigenvalue weighted by Gasteiger charge is 2.09. The average molecular weight is 758 g/mol. The van der Waals surface area contributed by atoms with Gasteiger partial charge in [0, 0.05) is 6.20 Å². The van der Waals surface area contributed by atoms with Crippen LogP contribution in [0.25, 0.3) is 27.8 Å². The van der Waals surface area contributed by atoms with E-state index in [1.807, 2.05) is 55.5 Å². The molecule has 5 rings (SSSR count). The van der Waals surface area contributed by atoms with E-state index >= 15 is 0 Å². The minimum absolute atomic E-state index is 0.938. The summed E-state index contributed by atoms with van der Waals surface area (Å²) in [7, 11) is 0. The van der Waals surface area contributed by atoms with Gasteiger partial charge >= 0.3 is 0 Å². The fourth-order valence-electron chi connectivity index (χ4n) is 5.83. The lowest BCUT2D eigenvalue weighted by Crippen LogP contribution is -1.90. The molecule has 1 aliphatic carbocycles. The van der Waals surface area contributed by atoms with Crippen LogP contribution in [0.15, 0.2) is 260 Å². The first kappa shape index (κ1) is 45.6. The molecule has 0 aromatic heterocycles. The van der Waals surface area contributed by atoms with Crippen molar-refractivity contribution < 1.29 is 0 Å². The quantitative estimate of drug-likeness (QED) is 0.0557. The van der Waals surface area contributed by atoms with Gasteiger partial charge in [0.05, 0.1) is 0 Å². The monoisotopic (exact) mass is 757 g/mol. The van der Waals surface area contributed by atoms with Crippen molar-refractivity contribution in [1.29, 1.82) is 0 Å². The van der Waals surface area contributed by atoms with Crippen molar-refractivity contribution in [3.05, 3.63) is 272 Å². The second kappa shape index (κ2) is 27.7. The van der Waals surface area contributed by atoms with Gasteiger partial charge in [0.25, 0.3) is 0 Å². The van der Waals surface area contributed by atoms with Crippen molar-refractivity contribution in [3.8, 4) is 11.1 Å². The van der Waals surface area contributed by atoms with Gasteiger partial charge in [0.2, 0.25) is 0 Å². The normalized spacial score (nSPS) is 17.7. The third kappa shape index (κ3) is 16.5. The van der Waals surface area contributed by atoms with E-state index in [9.17, 15) is 0 Å². The van der Waals surface area contributed by atoms with E-state index in [0.29, 0.717) is 0 Å². The summed E-state index contributed by atoms with van der Waals surface area (Å²) in [5.41, 5.74) is 13.0. The van der Waals surface area contributed by atoms with Crippen LogP contribution in [0, 0.1) is 0 Å². The molecule has 292 valence electrons. The zero-order valence-electron chi connectivity index (χ0n) is 34.7. The summed E-state index contributed by atoms with van der Waals surface area (Å²) >= 11 is 0. The molecule has 0 heterocycles. The number of nitrogens with zero attached hydrogens (tertiary/aromatic N) is 1. The number of allylic oxidation sites excluding steroid dienone is 22. The molecule has 0 saturated carbocycles. The van der Waals surface area contributed by atoms with Crippen LogP contribution in [0.2, 0.25) is 0 Å². The minimum atomic E-state index is 0.938. The van der Waals surface area contributed by atoms with E-state index in [-0.39, 0.29) is 0 Å². The van der Waals surface area contributed by atoms with Gasteiger partial charge in [0.15, 0.2) is 0 Å². The topological polar surface area (TPSA) is 12.4 Å². The number of hydrogen-bond acceptors (Lipinski definition) is 1. The van der Waals surface area contributed by atoms with Crippen LogP contribution < -0.4 is 0 Å². The summed E-state index contributed by atoms with van der Waals surface area (Å²) in [5.74, 6) is 0. The maximum Gasteiger partial charge on any atom is 0.0220 e. The Labute approximate surface area is 350 Å². The molecule has 0 spiro atoms. The smallest absolute Gasteiger partial charge is 0.0220 e. The van der Waals surface area contributed by atoms with Gasteiger partial charge in [-0.25, -0.2) is 0 Å². The zero-order chi connectivity index (χ0) is 41.6. The molecular weight excluding hydrogens is 699 g/mol. The molecule has 0 unspecified atom stereocenters. The van der Waals surface area contributed by atoms with Crippen LogP contribution in [-0.2, 0) is 0 Å². The molecule has 0 bridgehead atoms. The highest BCUT2D eigenvalue weighted by molar-refractivity contribution is 5.87. The van der Waals surface area contributed by atoms with E-state index in [0.717, 1.165) is 41.5 Å². The Morgan fingerprint density at radius 3 is 1.90 bits per heavy atom. The summed E-state index contributed by atoms with van der Waals surface area (Å²) in [5, 5.41) is 0. The van der Waals surface area contributed by atoms with Crippen molar-refractivity contribution in [2.45, 2.75) is 40.0 Å². The van der Waals surface area contributed by atoms with Crippen molar-refractivity contribution in [1.82, 2.24) is 0 Å². The van der Waals surface area contributed by atoms with Gasteiger partial charge in [-0.15, -0.1) is 6.58 Å². The van der Waals surface area contributed by atoms with Crippen LogP contribution in [0.4, 0.5) is 0 Å². The number of rotatable bonds is 13. The highest BCUT2D eigenvalue weighted by Crippen LogP contribution is 2.31. The van der Waals surface area contributed by atoms with E-state index in [1.165, 1.54) is 39.0 Å². The lowest BCUT2D eigenvalue weighted by molar-refractivity contribution is 1.05. The van der Waals surface area contributed by atoms with Crippen molar-refractivity contribution in [3.63, 3.8) is 0 Å². The van der Waals surface area contributed by atoms with Crippen LogP contribution >= 0.6 is 0 Å². The van der Waals surface area contributed by atoms with Gasteiger partial charge in [-0.1, -0.05) is 233 Å². The number of hydrogen-bond donors (Lipinski definition) is 0. The number of unbranched alkanes of at least 4 members (excludes halogenated alkanes) is 1. The third-order valence-corrected chi connectivity index (χ3v) is 8.87. The molecule has 0 aliphatic heterocycles. The summed E-state index contributed by atoms with van der Waals surface area (Å²) < 4.78 is 0. The van der Waals surface area contributed by atoms with E-state index in [4.69, 9.17) is 0 Å². The van der Waals surface area contributed by atoms with Crippen molar-refractivity contribution in [2.75, 3.05) is 0 Å². The maximum absolute atomic E-state index is 4.03. The first-order valence-corrected chi connectivity index (χ1v) is 19.9. The van der Waals surface area contributed by atoms with E-state index in [1.54, 1.807) is 12.3 Å². The van der Waals surface area contributed by atoms with Crippen molar-refractivity contribution >= 4 is 23.4 Å². The highest BCUT2D eigenvalue weighted by atomic mass is 14.6. The van der Waals surface area contributed by atoms with Gasteiger partial charge in [-0.3, -0.25) is 4.99 Å². The number of benzene rings is 4. The molecule has 0 amide bonds. The molecule has 0 fully saturated rings. The van der Waals surface area contributed by atoms with Crippen molar-refractivity contribution in [2.24, 2.45) is 4.99 Å². The van der Waals surface area contributed by atoms with Crippen LogP contribution in [0.3, 0.4) is 0 Å². The Hall–Kier alpha value is -6.83. The first-order chi connectivity index (χ1) is 28.4. The molecule has 58 heavy (non-hydrogen) atoms. The molecule has 1 aliphatic rings. The summed E-state index contributed by atoms with van der Waals surface area (Å²) in [6.07, 6.45) is 38.3. The maximum atomic E-state index is 4.03. The largest absolute Gasteiger partial charge is 0.273 e. The molecule has 0 radical (unpaired) electrons. The Bertz CT molecular complexity index is 2210. The molecule has 0 N–H and O–H groups in total. The van der Waals surface area contributed by atoms with Crippen LogP contribution in [0.1, 0.15) is 56.7 Å².